The fourth-order valence-corrected chi connectivity index (χ4v) is 1.10. The Bertz CT molecular complexity index is 172. The molecule has 10 nitrogen and oxygen atoms in total. The summed E-state index contributed by atoms with van der Waals surface area (Å²) in [5.41, 5.74) is 0. The second kappa shape index (κ2) is 46.6. The molecule has 0 aliphatic carbocycles. The van der Waals surface area contributed by atoms with E-state index in [1.165, 1.54) is 0 Å². The Labute approximate surface area is 181 Å². The van der Waals surface area contributed by atoms with Gasteiger partial charge in [0.2, 0.25) is 0 Å². The van der Waals surface area contributed by atoms with Gasteiger partial charge in [0.25, 0.3) is 0 Å². The Kier molecular flexibility index (Phi) is 69.0. The summed E-state index contributed by atoms with van der Waals surface area (Å²) >= 11 is -0.346. The molecule has 0 fully saturated rings. The van der Waals surface area contributed by atoms with Crippen molar-refractivity contribution in [1.82, 2.24) is 0 Å². The Morgan fingerprint density at radius 1 is 0.481 bits per heavy atom. The van der Waals surface area contributed by atoms with Crippen LogP contribution in [0.3, 0.4) is 0 Å². The predicted octanol–water partition coefficient (Wildman–Crippen LogP) is -0.859. The van der Waals surface area contributed by atoms with Crippen molar-refractivity contribution in [2.75, 3.05) is 63.5 Å². The molecule has 0 rings (SSSR count). The van der Waals surface area contributed by atoms with Crippen molar-refractivity contribution in [3.8, 4) is 0 Å². The van der Waals surface area contributed by atoms with E-state index >= 15 is 0 Å². The third-order valence-electron chi connectivity index (χ3n) is 1.65. The van der Waals surface area contributed by atoms with Gasteiger partial charge < -0.3 is 51.1 Å². The minimum atomic E-state index is -0.887. The molecule has 0 aliphatic rings. The number of rotatable bonds is 10. The van der Waals surface area contributed by atoms with E-state index in [1.807, 2.05) is 0 Å². The summed E-state index contributed by atoms with van der Waals surface area (Å²) in [7, 11) is 8.55. The van der Waals surface area contributed by atoms with Crippen molar-refractivity contribution >= 4 is 52.4 Å². The molecule has 0 radical (unpaired) electrons. The molecule has 0 unspecified atom stereocenters. The van der Waals surface area contributed by atoms with Crippen LogP contribution in [-0.4, -0.2) is 115 Å². The minimum absolute atomic E-state index is 0.0810. The van der Waals surface area contributed by atoms with Crippen LogP contribution in [0.25, 0.3) is 0 Å². The SMILES string of the molecule is OCP(CO)CO.OCP(CO)CO.OCPCO.OCPCO.[Cl][Ru][Cl]. The van der Waals surface area contributed by atoms with Crippen LogP contribution < -0.4 is 0 Å². The van der Waals surface area contributed by atoms with Gasteiger partial charge in [-0.15, -0.1) is 0 Å². The molecule has 27 heavy (non-hydrogen) atoms. The summed E-state index contributed by atoms with van der Waals surface area (Å²) in [6.07, 6.45) is -0.000000000000000888. The molecule has 0 aromatic carbocycles. The fourth-order valence-electron chi connectivity index (χ4n) is 0.368. The van der Waals surface area contributed by atoms with Gasteiger partial charge in [0.15, 0.2) is 0 Å². The Morgan fingerprint density at radius 2 is 0.630 bits per heavy atom. The quantitative estimate of drug-likeness (QED) is 0.110. The normalized spacial score (nSPS) is 9.26. The van der Waals surface area contributed by atoms with Crippen molar-refractivity contribution < 1.29 is 66.2 Å². The zero-order valence-corrected chi connectivity index (χ0v) is 21.6. The topological polar surface area (TPSA) is 202 Å². The van der Waals surface area contributed by atoms with Crippen LogP contribution in [0.2, 0.25) is 0 Å². The van der Waals surface area contributed by atoms with Gasteiger partial charge in [-0.2, -0.15) is 0 Å². The molecular weight excluding hydrogens is 576 g/mol. The first kappa shape index (κ1) is 39.9. The maximum absolute atomic E-state index is 8.23. The Morgan fingerprint density at radius 3 is 0.630 bits per heavy atom. The van der Waals surface area contributed by atoms with Crippen molar-refractivity contribution in [2.45, 2.75) is 0 Å². The van der Waals surface area contributed by atoms with E-state index in [-0.39, 0.29) is 78.6 Å². The molecule has 0 heterocycles. The summed E-state index contributed by atoms with van der Waals surface area (Å²) in [5.74, 6) is 0. The molecule has 0 saturated heterocycles. The molecular formula is C10H32Cl2O10P4Ru. The van der Waals surface area contributed by atoms with Crippen LogP contribution in [0.15, 0.2) is 0 Å². The summed E-state index contributed by atoms with van der Waals surface area (Å²) in [5, 5.41) is 81.1. The summed E-state index contributed by atoms with van der Waals surface area (Å²) < 4.78 is 0. The molecule has 10 N–H and O–H groups in total. The first-order chi connectivity index (χ1) is 12.9. The van der Waals surface area contributed by atoms with E-state index in [9.17, 15) is 0 Å². The van der Waals surface area contributed by atoms with E-state index in [2.05, 4.69) is 0 Å². The van der Waals surface area contributed by atoms with Gasteiger partial charge in [-0.25, -0.2) is 0 Å². The number of halogens is 2. The Balaban J connectivity index is -0.0000000768. The molecule has 0 amide bonds. The molecule has 0 atom stereocenters. The standard InChI is InChI=1S/2C3H9O3P.2C2H7O2P.2ClH.Ru/c2*4-1-7(2-5)3-6;2*3-1-5-2-4;;;/h2*4-6H,1-3H2;2*3-5H,1-2H2;2*1H;/q;;;;;;+2/p-2. The summed E-state index contributed by atoms with van der Waals surface area (Å²) in [4.78, 5) is 0. The molecule has 0 aromatic heterocycles. The number of hydrogen-bond acceptors (Lipinski definition) is 10. The first-order valence-electron chi connectivity index (χ1n) is 6.74. The summed E-state index contributed by atoms with van der Waals surface area (Å²) in [6, 6.07) is 0. The molecule has 0 aromatic rings. The van der Waals surface area contributed by atoms with Gasteiger partial charge in [0.05, 0.1) is 63.5 Å². The molecule has 0 aliphatic heterocycles. The molecule has 174 valence electrons. The van der Waals surface area contributed by atoms with E-state index in [0.717, 1.165) is 0 Å². The van der Waals surface area contributed by atoms with Gasteiger partial charge in [0, 0.05) is 0 Å². The van der Waals surface area contributed by atoms with E-state index in [4.69, 9.17) is 70.4 Å². The maximum atomic E-state index is 8.23. The van der Waals surface area contributed by atoms with E-state index in [1.54, 1.807) is 0 Å². The van der Waals surface area contributed by atoms with Crippen molar-refractivity contribution in [3.63, 3.8) is 0 Å². The van der Waals surface area contributed by atoms with E-state index in [0.29, 0.717) is 17.2 Å². The van der Waals surface area contributed by atoms with Crippen molar-refractivity contribution in [3.05, 3.63) is 0 Å². The Hall–Kier alpha value is 2.52. The van der Waals surface area contributed by atoms with Crippen LogP contribution in [0, 0.1) is 0 Å². The van der Waals surface area contributed by atoms with Gasteiger partial charge >= 0.3 is 34.5 Å². The second-order valence-electron chi connectivity index (χ2n) is 3.37. The number of hydrogen-bond donors (Lipinski definition) is 10. The van der Waals surface area contributed by atoms with Gasteiger partial charge in [-0.05, 0) is 15.8 Å². The zero-order chi connectivity index (χ0) is 22.3. The summed E-state index contributed by atoms with van der Waals surface area (Å²) in [6.45, 7) is 0. The molecule has 0 saturated carbocycles. The second-order valence-corrected chi connectivity index (χ2v) is 12.7. The average molecular weight is 608 g/mol. The third kappa shape index (κ3) is 58.5. The van der Waals surface area contributed by atoms with Crippen LogP contribution in [0.1, 0.15) is 0 Å². The molecule has 0 spiro atoms. The van der Waals surface area contributed by atoms with Gasteiger partial charge in [0.1, 0.15) is 0 Å². The van der Waals surface area contributed by atoms with Crippen molar-refractivity contribution in [1.29, 1.82) is 0 Å². The predicted molar refractivity (Wildman–Crippen MR) is 113 cm³/mol. The van der Waals surface area contributed by atoms with Gasteiger partial charge in [-0.3, -0.25) is 0 Å². The molecule has 0 bridgehead atoms. The third-order valence-corrected chi connectivity index (χ3v) is 4.94. The molecule has 17 heteroatoms. The monoisotopic (exact) mass is 608 g/mol. The number of aliphatic hydroxyl groups is 10. The van der Waals surface area contributed by atoms with Gasteiger partial charge in [-0.1, -0.05) is 17.2 Å². The van der Waals surface area contributed by atoms with Crippen molar-refractivity contribution in [2.24, 2.45) is 0 Å². The number of aliphatic hydroxyl groups excluding tert-OH is 10. The van der Waals surface area contributed by atoms with Crippen LogP contribution in [-0.2, 0) is 15.1 Å². The average Bonchev–Trinajstić information content (AvgIpc) is 2.68. The first-order valence-corrected chi connectivity index (χ1v) is 17.8. The fraction of sp³-hybridized carbons (Fsp3) is 1.00. The van der Waals surface area contributed by atoms with E-state index < -0.39 is 15.8 Å². The van der Waals surface area contributed by atoms with Crippen LogP contribution in [0.5, 0.6) is 0 Å². The van der Waals surface area contributed by atoms with Crippen LogP contribution >= 0.6 is 52.4 Å². The zero-order valence-electron chi connectivity index (χ0n) is 14.5. The van der Waals surface area contributed by atoms with Crippen LogP contribution in [0.4, 0.5) is 0 Å².